The molecule has 0 aliphatic carbocycles. The van der Waals surface area contributed by atoms with Gasteiger partial charge < -0.3 is 24.4 Å². The summed E-state index contributed by atoms with van der Waals surface area (Å²) in [5.74, 6) is -3.15. The van der Waals surface area contributed by atoms with Crippen molar-refractivity contribution in [2.24, 2.45) is 17.8 Å². The monoisotopic (exact) mass is 558 g/mol. The Labute approximate surface area is 240 Å². The molecule has 8 nitrogen and oxygen atoms in total. The lowest BCUT2D eigenvalue weighted by molar-refractivity contribution is -0.161. The lowest BCUT2D eigenvalue weighted by Crippen LogP contribution is -2.60. The van der Waals surface area contributed by atoms with Crippen molar-refractivity contribution < 1.29 is 29.0 Å². The number of nitrogens with zero attached hydrogens (tertiary/aromatic N) is 2. The fraction of sp³-hybridized carbons (Fsp3) is 0.485. The number of esters is 1. The van der Waals surface area contributed by atoms with Crippen LogP contribution in [-0.4, -0.2) is 70.8 Å². The van der Waals surface area contributed by atoms with E-state index in [2.05, 4.69) is 0 Å². The van der Waals surface area contributed by atoms with Crippen LogP contribution in [0.5, 0.6) is 0 Å². The Morgan fingerprint density at radius 3 is 2.51 bits per heavy atom. The van der Waals surface area contributed by atoms with Gasteiger partial charge in [-0.15, -0.1) is 0 Å². The van der Waals surface area contributed by atoms with E-state index in [0.717, 1.165) is 17.2 Å². The highest BCUT2D eigenvalue weighted by molar-refractivity contribution is 6.06. The van der Waals surface area contributed by atoms with E-state index in [1.54, 1.807) is 4.90 Å². The fourth-order valence-corrected chi connectivity index (χ4v) is 7.37. The van der Waals surface area contributed by atoms with Crippen LogP contribution < -0.4 is 4.90 Å². The maximum atomic E-state index is 14.8. The van der Waals surface area contributed by atoms with Gasteiger partial charge in [0.2, 0.25) is 5.91 Å². The Kier molecular flexibility index (Phi) is 7.02. The first-order chi connectivity index (χ1) is 19.8. The van der Waals surface area contributed by atoms with Crippen LogP contribution in [0.4, 0.5) is 5.69 Å². The van der Waals surface area contributed by atoms with Gasteiger partial charge in [-0.25, -0.2) is 0 Å². The number of carbonyl (C=O) groups excluding carboxylic acids is 3. The van der Waals surface area contributed by atoms with E-state index in [9.17, 15) is 19.5 Å². The summed E-state index contributed by atoms with van der Waals surface area (Å²) in [6.45, 7) is 6.00. The Balaban J connectivity index is 1.53. The van der Waals surface area contributed by atoms with Gasteiger partial charge in [-0.1, -0.05) is 75.4 Å². The van der Waals surface area contributed by atoms with Crippen LogP contribution in [0, 0.1) is 17.8 Å². The number of allylic oxidation sites excluding steroid dienone is 1. The largest absolute Gasteiger partial charge is 0.465 e. The topological polar surface area (TPSA) is 96.4 Å². The molecule has 2 saturated heterocycles. The highest BCUT2D eigenvalue weighted by Crippen LogP contribution is 2.59. The van der Waals surface area contributed by atoms with Gasteiger partial charge >= 0.3 is 5.97 Å². The zero-order valence-corrected chi connectivity index (χ0v) is 23.9. The molecule has 6 atom stereocenters. The normalized spacial score (nSPS) is 33.0. The summed E-state index contributed by atoms with van der Waals surface area (Å²) in [5.41, 5.74) is -1.78. The van der Waals surface area contributed by atoms with Crippen LogP contribution in [0.15, 0.2) is 66.8 Å². The minimum atomic E-state index is -1.40. The van der Waals surface area contributed by atoms with Crippen molar-refractivity contribution in [2.75, 3.05) is 24.7 Å². The highest BCUT2D eigenvalue weighted by Gasteiger charge is 2.76. The molecule has 0 bridgehead atoms. The zero-order chi connectivity index (χ0) is 28.9. The molecule has 2 aromatic carbocycles. The van der Waals surface area contributed by atoms with E-state index in [1.807, 2.05) is 87.5 Å². The van der Waals surface area contributed by atoms with Crippen LogP contribution in [0.3, 0.4) is 0 Å². The summed E-state index contributed by atoms with van der Waals surface area (Å²) in [5, 5.41) is 12.6. The van der Waals surface area contributed by atoms with E-state index >= 15 is 0 Å². The number of aliphatic hydroxyl groups excluding tert-OH is 1. The predicted molar refractivity (Wildman–Crippen MR) is 155 cm³/mol. The van der Waals surface area contributed by atoms with Crippen molar-refractivity contribution in [1.82, 2.24) is 4.90 Å². The van der Waals surface area contributed by atoms with Gasteiger partial charge in [-0.2, -0.15) is 0 Å². The smallest absolute Gasteiger partial charge is 0.313 e. The van der Waals surface area contributed by atoms with Crippen molar-refractivity contribution in [1.29, 1.82) is 0 Å². The maximum absolute atomic E-state index is 14.8. The minimum absolute atomic E-state index is 0.141. The molecule has 8 heteroatoms. The third kappa shape index (κ3) is 4.14. The molecule has 2 fully saturated rings. The first-order valence-electron chi connectivity index (χ1n) is 14.7. The van der Waals surface area contributed by atoms with E-state index in [1.165, 1.54) is 4.90 Å². The van der Waals surface area contributed by atoms with Crippen LogP contribution in [0.1, 0.15) is 40.0 Å². The second-order valence-electron chi connectivity index (χ2n) is 12.0. The SMILES string of the molecule is CC[C@@]12/C=C\CCCOC(=O)[C@@H]1[C@H]1C(=O)N([C@@H](CO)C(C)C)C3C(=O)N(c4ccc5ccccc5c4)CC=C[C@@]31O2. The molecular weight excluding hydrogens is 520 g/mol. The number of carbonyl (C=O) groups is 3. The number of likely N-dealkylation sites (tertiary alicyclic amines) is 1. The molecule has 0 aromatic heterocycles. The molecule has 2 aromatic rings. The van der Waals surface area contributed by atoms with Gasteiger partial charge in [0.05, 0.1) is 25.2 Å². The number of hydrogen-bond donors (Lipinski definition) is 1. The third-order valence-corrected chi connectivity index (χ3v) is 9.43. The average Bonchev–Trinajstić information content (AvgIpc) is 3.34. The Hall–Kier alpha value is -3.49. The number of fused-ring (bicyclic) bond motifs is 3. The first kappa shape index (κ1) is 27.7. The average molecular weight is 559 g/mol. The van der Waals surface area contributed by atoms with E-state index < -0.39 is 41.1 Å². The summed E-state index contributed by atoms with van der Waals surface area (Å²) in [6, 6.07) is 12.1. The lowest BCUT2D eigenvalue weighted by atomic mass is 9.73. The van der Waals surface area contributed by atoms with Crippen molar-refractivity contribution >= 4 is 34.2 Å². The van der Waals surface area contributed by atoms with Gasteiger partial charge in [0.15, 0.2) is 0 Å². The van der Waals surface area contributed by atoms with Crippen LogP contribution >= 0.6 is 0 Å². The number of benzene rings is 2. The Morgan fingerprint density at radius 1 is 1.00 bits per heavy atom. The van der Waals surface area contributed by atoms with Gasteiger partial charge in [0.25, 0.3) is 5.91 Å². The Morgan fingerprint density at radius 2 is 1.78 bits per heavy atom. The van der Waals surface area contributed by atoms with Gasteiger partial charge in [0, 0.05) is 12.2 Å². The van der Waals surface area contributed by atoms with Crippen molar-refractivity contribution in [3.05, 3.63) is 66.8 Å². The Bertz CT molecular complexity index is 1430. The predicted octanol–water partition coefficient (Wildman–Crippen LogP) is 4.01. The molecule has 41 heavy (non-hydrogen) atoms. The van der Waals surface area contributed by atoms with Gasteiger partial charge in [-0.05, 0) is 48.1 Å². The second kappa shape index (κ2) is 10.4. The summed E-state index contributed by atoms with van der Waals surface area (Å²) in [4.78, 5) is 46.2. The summed E-state index contributed by atoms with van der Waals surface area (Å²) >= 11 is 0. The van der Waals surface area contributed by atoms with Crippen molar-refractivity contribution in [3.8, 4) is 0 Å². The molecular formula is C33H38N2O6. The lowest BCUT2D eigenvalue weighted by Gasteiger charge is -2.41. The van der Waals surface area contributed by atoms with Crippen LogP contribution in [0.2, 0.25) is 0 Å². The maximum Gasteiger partial charge on any atom is 0.313 e. The molecule has 6 rings (SSSR count). The first-order valence-corrected chi connectivity index (χ1v) is 14.7. The molecule has 0 radical (unpaired) electrons. The number of cyclic esters (lactones) is 1. The highest BCUT2D eigenvalue weighted by atomic mass is 16.6. The number of aliphatic hydroxyl groups is 1. The van der Waals surface area contributed by atoms with Gasteiger partial charge in [-0.3, -0.25) is 14.4 Å². The molecule has 216 valence electrons. The molecule has 1 spiro atoms. The quantitative estimate of drug-likeness (QED) is 0.440. The van der Waals surface area contributed by atoms with Gasteiger partial charge in [0.1, 0.15) is 23.2 Å². The molecule has 0 saturated carbocycles. The standard InChI is InChI=1S/C33H38N2O6/c1-4-32-15-8-5-9-18-40-31(39)27(32)26-29(37)35(25(20-36)21(2)3)28-30(38)34(17-10-16-33(26,28)41-32)24-14-13-22-11-6-7-12-23(22)19-24/h6-8,10-16,19,21,25-28,36H,4-5,9,17-18,20H2,1-3H3/b15-8-/t25-,26-,27-,28?,32+,33-/m0/s1. The van der Waals surface area contributed by atoms with Crippen LogP contribution in [0.25, 0.3) is 10.8 Å². The number of anilines is 1. The van der Waals surface area contributed by atoms with E-state index in [-0.39, 0.29) is 37.5 Å². The third-order valence-electron chi connectivity index (χ3n) is 9.43. The summed E-state index contributed by atoms with van der Waals surface area (Å²) in [6.07, 6.45) is 9.48. The molecule has 2 amide bonds. The molecule has 1 N–H and O–H groups in total. The zero-order valence-electron chi connectivity index (χ0n) is 23.9. The van der Waals surface area contributed by atoms with E-state index in [0.29, 0.717) is 18.5 Å². The molecule has 4 heterocycles. The minimum Gasteiger partial charge on any atom is -0.465 e. The van der Waals surface area contributed by atoms with Crippen molar-refractivity contribution in [2.45, 2.75) is 63.3 Å². The summed E-state index contributed by atoms with van der Waals surface area (Å²) < 4.78 is 12.7. The molecule has 1 unspecified atom stereocenters. The van der Waals surface area contributed by atoms with Crippen LogP contribution in [-0.2, 0) is 23.9 Å². The number of amides is 2. The van der Waals surface area contributed by atoms with Crippen molar-refractivity contribution in [3.63, 3.8) is 0 Å². The fourth-order valence-electron chi connectivity index (χ4n) is 7.37. The summed E-state index contributed by atoms with van der Waals surface area (Å²) in [7, 11) is 0. The molecule has 4 aliphatic rings. The number of rotatable bonds is 5. The number of ether oxygens (including phenoxy) is 2. The van der Waals surface area contributed by atoms with E-state index in [4.69, 9.17) is 9.47 Å². The number of hydrogen-bond acceptors (Lipinski definition) is 6. The second-order valence-corrected chi connectivity index (χ2v) is 12.0. The molecule has 4 aliphatic heterocycles.